The van der Waals surface area contributed by atoms with Crippen molar-refractivity contribution in [1.29, 1.82) is 0 Å². The average Bonchev–Trinajstić information content (AvgIpc) is 3.82. The lowest BCUT2D eigenvalue weighted by molar-refractivity contribution is -0.122. The first-order valence-electron chi connectivity index (χ1n) is 21.0. The Morgan fingerprint density at radius 3 is 2.26 bits per heavy atom. The van der Waals surface area contributed by atoms with Crippen LogP contribution in [-0.2, 0) is 4.79 Å². The number of nitrogens with zero attached hydrogens (tertiary/aromatic N) is 10. The molecule has 318 valence electrons. The van der Waals surface area contributed by atoms with Crippen LogP contribution in [0.5, 0.6) is 0 Å². The van der Waals surface area contributed by atoms with E-state index >= 15 is 0 Å². The molecule has 5 aromatic rings. The standard InChI is InChI=1S/C44H45ClN12O5/c1-51(2)42(61)35-21-34-38(27-6-4-3-5-7-27)49-43(50-39(34)56(35)45)47-36-13-11-29(22-46-36)52-17-14-26(15-18-52)23-54-30-8-9-31(54)25-53(24-30)28-10-12-32-33(20-28)41(60)57(40(32)59)55-19-16-37(58)48-44(55)62/h3-7,10-13,20-22,26,30-31H,8-9,14-19,23-25H2,1-2H3,(H,48,58,62)(H,46,47,49,50). The number of hydrazine groups is 1. The number of rotatable bonds is 9. The summed E-state index contributed by atoms with van der Waals surface area (Å²) in [5.41, 5.74) is 4.72. The Hall–Kier alpha value is -6.59. The second-order valence-electron chi connectivity index (χ2n) is 16.8. The minimum atomic E-state index is -0.770. The van der Waals surface area contributed by atoms with Crippen LogP contribution in [0.4, 0.5) is 27.9 Å². The summed E-state index contributed by atoms with van der Waals surface area (Å²) in [6.07, 6.45) is 6.29. The van der Waals surface area contributed by atoms with Gasteiger partial charge in [-0.3, -0.25) is 29.4 Å². The van der Waals surface area contributed by atoms with Crippen molar-refractivity contribution in [2.75, 3.05) is 68.5 Å². The van der Waals surface area contributed by atoms with Crippen LogP contribution in [0.25, 0.3) is 22.3 Å². The molecule has 8 heterocycles. The maximum absolute atomic E-state index is 13.5. The van der Waals surface area contributed by atoms with Crippen LogP contribution >= 0.6 is 11.8 Å². The van der Waals surface area contributed by atoms with Gasteiger partial charge in [0.05, 0.1) is 35.2 Å². The molecule has 4 saturated heterocycles. The minimum absolute atomic E-state index is 0.0179. The summed E-state index contributed by atoms with van der Waals surface area (Å²) in [4.78, 5) is 86.9. The first-order valence-corrected chi connectivity index (χ1v) is 21.3. The Morgan fingerprint density at radius 2 is 1.56 bits per heavy atom. The highest BCUT2D eigenvalue weighted by molar-refractivity contribution is 6.23. The highest BCUT2D eigenvalue weighted by Crippen LogP contribution is 2.37. The molecule has 0 radical (unpaired) electrons. The van der Waals surface area contributed by atoms with Crippen molar-refractivity contribution in [2.24, 2.45) is 5.92 Å². The molecular weight excluding hydrogens is 812 g/mol. The van der Waals surface area contributed by atoms with E-state index < -0.39 is 23.8 Å². The molecule has 18 heteroatoms. The van der Waals surface area contributed by atoms with Gasteiger partial charge in [0, 0.05) is 93.7 Å². The van der Waals surface area contributed by atoms with E-state index in [4.69, 9.17) is 26.7 Å². The van der Waals surface area contributed by atoms with Crippen molar-refractivity contribution < 1.29 is 24.0 Å². The third-order valence-electron chi connectivity index (χ3n) is 12.8. The predicted molar refractivity (Wildman–Crippen MR) is 232 cm³/mol. The van der Waals surface area contributed by atoms with Crippen molar-refractivity contribution in [3.63, 3.8) is 0 Å². The SMILES string of the molecule is CN(C)C(=O)c1cc2c(-c3ccccc3)nc(Nc3ccc(N4CCC(CN5C6CCC5CN(c5ccc7c(c5)C(=O)N(N5CCC(=O)NC5=O)C7=O)C6)CC4)cn3)nc2n1Cl. The zero-order chi connectivity index (χ0) is 42.8. The zero-order valence-electron chi connectivity index (χ0n) is 34.3. The molecule has 10 rings (SSSR count). The predicted octanol–water partition coefficient (Wildman–Crippen LogP) is 4.96. The number of carbonyl (C=O) groups is 5. The molecule has 4 fully saturated rings. The lowest BCUT2D eigenvalue weighted by atomic mass is 9.94. The van der Waals surface area contributed by atoms with Gasteiger partial charge in [0.1, 0.15) is 11.5 Å². The highest BCUT2D eigenvalue weighted by atomic mass is 35.5. The van der Waals surface area contributed by atoms with E-state index in [1.807, 2.05) is 48.7 Å². The fourth-order valence-electron chi connectivity index (χ4n) is 9.61. The summed E-state index contributed by atoms with van der Waals surface area (Å²) in [6, 6.07) is 20.8. The van der Waals surface area contributed by atoms with E-state index in [0.29, 0.717) is 52.2 Å². The molecule has 5 aliphatic heterocycles. The molecule has 6 amide bonds. The van der Waals surface area contributed by atoms with Gasteiger partial charge in [-0.05, 0) is 68.0 Å². The first kappa shape index (κ1) is 39.5. The zero-order valence-corrected chi connectivity index (χ0v) is 35.1. The maximum Gasteiger partial charge on any atom is 0.343 e. The molecule has 2 N–H and O–H groups in total. The smallest absolute Gasteiger partial charge is 0.343 e. The second-order valence-corrected chi connectivity index (χ2v) is 17.2. The van der Waals surface area contributed by atoms with Gasteiger partial charge in [-0.15, -0.1) is 0 Å². The largest absolute Gasteiger partial charge is 0.370 e. The number of amides is 6. The molecule has 2 aromatic carbocycles. The number of hydrogen-bond donors (Lipinski definition) is 2. The van der Waals surface area contributed by atoms with Crippen molar-refractivity contribution >= 4 is 75.6 Å². The lowest BCUT2D eigenvalue weighted by Crippen LogP contribution is -2.58. The van der Waals surface area contributed by atoms with Crippen molar-refractivity contribution in [1.82, 2.24) is 44.2 Å². The van der Waals surface area contributed by atoms with Crippen LogP contribution in [-0.4, -0.2) is 134 Å². The summed E-state index contributed by atoms with van der Waals surface area (Å²) in [7, 11) is 3.36. The molecule has 17 nitrogen and oxygen atoms in total. The summed E-state index contributed by atoms with van der Waals surface area (Å²) >= 11 is 6.69. The summed E-state index contributed by atoms with van der Waals surface area (Å²) < 4.78 is 1.28. The summed E-state index contributed by atoms with van der Waals surface area (Å²) in [6.45, 7) is 4.57. The molecule has 5 aliphatic rings. The summed E-state index contributed by atoms with van der Waals surface area (Å²) in [5.74, 6) is -0.306. The van der Waals surface area contributed by atoms with Crippen LogP contribution in [0.1, 0.15) is 63.3 Å². The molecule has 2 atom stereocenters. The Labute approximate surface area is 362 Å². The first-order chi connectivity index (χ1) is 30.0. The number of nitrogens with one attached hydrogen (secondary N) is 2. The minimum Gasteiger partial charge on any atom is -0.370 e. The van der Waals surface area contributed by atoms with Gasteiger partial charge in [0.2, 0.25) is 11.9 Å². The van der Waals surface area contributed by atoms with E-state index in [-0.39, 0.29) is 30.0 Å². The molecule has 2 bridgehead atoms. The number of halogens is 1. The molecule has 2 unspecified atom stereocenters. The van der Waals surface area contributed by atoms with Gasteiger partial charge in [-0.2, -0.15) is 9.99 Å². The third kappa shape index (κ3) is 7.03. The number of urea groups is 1. The molecule has 62 heavy (non-hydrogen) atoms. The topological polar surface area (TPSA) is 172 Å². The van der Waals surface area contributed by atoms with Crippen molar-refractivity contribution in [3.8, 4) is 11.3 Å². The van der Waals surface area contributed by atoms with Crippen LogP contribution in [0.15, 0.2) is 72.9 Å². The number of pyridine rings is 1. The normalized spacial score (nSPS) is 20.6. The number of imide groups is 2. The molecular formula is C44H45ClN12O5. The Kier molecular flexibility index (Phi) is 10.0. The highest BCUT2D eigenvalue weighted by Gasteiger charge is 2.45. The van der Waals surface area contributed by atoms with Gasteiger partial charge >= 0.3 is 6.03 Å². The van der Waals surface area contributed by atoms with Gasteiger partial charge < -0.3 is 20.0 Å². The molecule has 3 aromatic heterocycles. The van der Waals surface area contributed by atoms with Crippen LogP contribution < -0.4 is 20.4 Å². The van der Waals surface area contributed by atoms with Gasteiger partial charge in [-0.25, -0.2) is 23.9 Å². The molecule has 0 spiro atoms. The van der Waals surface area contributed by atoms with E-state index in [2.05, 4.69) is 31.4 Å². The fraction of sp³-hybridized carbons (Fsp3) is 0.364. The number of anilines is 4. The van der Waals surface area contributed by atoms with E-state index in [1.54, 1.807) is 32.3 Å². The van der Waals surface area contributed by atoms with E-state index in [0.717, 1.165) is 85.4 Å². The number of hydrogen-bond acceptors (Lipinski definition) is 12. The van der Waals surface area contributed by atoms with Crippen LogP contribution in [0.3, 0.4) is 0 Å². The van der Waals surface area contributed by atoms with Gasteiger partial charge in [0.15, 0.2) is 5.65 Å². The molecule has 0 saturated carbocycles. The Bertz CT molecular complexity index is 2620. The van der Waals surface area contributed by atoms with Gasteiger partial charge in [-0.1, -0.05) is 30.3 Å². The quantitative estimate of drug-likeness (QED) is 0.191. The van der Waals surface area contributed by atoms with Gasteiger partial charge in [0.25, 0.3) is 17.7 Å². The van der Waals surface area contributed by atoms with Crippen LogP contribution in [0.2, 0.25) is 0 Å². The number of benzene rings is 2. The van der Waals surface area contributed by atoms with Crippen molar-refractivity contribution in [2.45, 2.75) is 44.2 Å². The Balaban J connectivity index is 0.758. The number of piperazine rings is 1. The monoisotopic (exact) mass is 856 g/mol. The number of fused-ring (bicyclic) bond motifs is 4. The summed E-state index contributed by atoms with van der Waals surface area (Å²) in [5, 5.41) is 7.99. The number of aromatic nitrogens is 4. The maximum atomic E-state index is 13.5. The van der Waals surface area contributed by atoms with E-state index in [1.165, 1.54) is 8.99 Å². The molecule has 0 aliphatic carbocycles. The van der Waals surface area contributed by atoms with Crippen LogP contribution in [0, 0.1) is 5.92 Å². The average molecular weight is 857 g/mol. The fourth-order valence-corrected chi connectivity index (χ4v) is 9.86. The van der Waals surface area contributed by atoms with E-state index in [9.17, 15) is 24.0 Å². The van der Waals surface area contributed by atoms with Crippen molar-refractivity contribution in [3.05, 3.63) is 89.7 Å². The number of carbonyl (C=O) groups excluding carboxylic acids is 5. The number of piperidine rings is 1. The Morgan fingerprint density at radius 1 is 0.839 bits per heavy atom. The third-order valence-corrected chi connectivity index (χ3v) is 13.2. The second kappa shape index (κ2) is 15.7. The lowest BCUT2D eigenvalue weighted by Gasteiger charge is -2.44.